The number of urea groups is 1. The van der Waals surface area contributed by atoms with Crippen molar-refractivity contribution in [3.05, 3.63) is 35.6 Å². The van der Waals surface area contributed by atoms with Crippen molar-refractivity contribution in [1.82, 2.24) is 10.6 Å². The van der Waals surface area contributed by atoms with Gasteiger partial charge in [-0.2, -0.15) is 0 Å². The molecule has 1 rings (SSSR count). The number of carbonyl (C=O) groups is 2. The van der Waals surface area contributed by atoms with E-state index in [1.165, 1.54) is 12.1 Å². The van der Waals surface area contributed by atoms with Crippen LogP contribution in [0.4, 0.5) is 9.18 Å². The third-order valence-corrected chi connectivity index (χ3v) is 2.49. The van der Waals surface area contributed by atoms with Crippen LogP contribution in [-0.4, -0.2) is 18.0 Å². The van der Waals surface area contributed by atoms with Crippen LogP contribution in [0.1, 0.15) is 25.5 Å². The highest BCUT2D eigenvalue weighted by atomic mass is 19.1. The Labute approximate surface area is 105 Å². The van der Waals surface area contributed by atoms with E-state index in [1.807, 2.05) is 5.32 Å². The molecule has 0 saturated carbocycles. The van der Waals surface area contributed by atoms with Gasteiger partial charge in [-0.05, 0) is 31.5 Å². The van der Waals surface area contributed by atoms with Crippen molar-refractivity contribution in [2.75, 3.05) is 0 Å². The van der Waals surface area contributed by atoms with Gasteiger partial charge < -0.3 is 5.73 Å². The fraction of sp³-hybridized carbons (Fsp3) is 0.333. The molecule has 2 atom stereocenters. The number of imide groups is 1. The van der Waals surface area contributed by atoms with Gasteiger partial charge in [0.15, 0.2) is 0 Å². The third kappa shape index (κ3) is 4.14. The van der Waals surface area contributed by atoms with Gasteiger partial charge in [0.05, 0.1) is 6.04 Å². The second-order valence-corrected chi connectivity index (χ2v) is 4.02. The molecule has 0 heterocycles. The lowest BCUT2D eigenvalue weighted by Crippen LogP contribution is -2.47. The summed E-state index contributed by atoms with van der Waals surface area (Å²) in [5.41, 5.74) is 5.56. The van der Waals surface area contributed by atoms with E-state index in [4.69, 9.17) is 5.73 Å². The normalized spacial score (nSPS) is 13.7. The molecule has 1 aromatic rings. The highest BCUT2D eigenvalue weighted by molar-refractivity contribution is 5.96. The van der Waals surface area contributed by atoms with Gasteiger partial charge in [-0.3, -0.25) is 15.4 Å². The molecule has 0 aliphatic rings. The van der Waals surface area contributed by atoms with Crippen molar-refractivity contribution >= 4 is 11.9 Å². The molecule has 0 fully saturated rings. The maximum absolute atomic E-state index is 13.0. The molecule has 1 unspecified atom stereocenters. The largest absolute Gasteiger partial charge is 0.351 e. The fourth-order valence-electron chi connectivity index (χ4n) is 1.55. The van der Waals surface area contributed by atoms with Crippen LogP contribution in [0.5, 0.6) is 0 Å². The molecular weight excluding hydrogens is 237 g/mol. The van der Waals surface area contributed by atoms with E-state index in [-0.39, 0.29) is 11.9 Å². The summed E-state index contributed by atoms with van der Waals surface area (Å²) < 4.78 is 13.0. The third-order valence-electron chi connectivity index (χ3n) is 2.49. The van der Waals surface area contributed by atoms with E-state index in [2.05, 4.69) is 5.32 Å². The molecule has 6 heteroatoms. The molecular formula is C12H16FN3O2. The number of hydrogen-bond donors (Lipinski definition) is 3. The van der Waals surface area contributed by atoms with Crippen LogP contribution < -0.4 is 16.4 Å². The minimum atomic E-state index is -0.896. The lowest BCUT2D eigenvalue weighted by atomic mass is 10.1. The van der Waals surface area contributed by atoms with Gasteiger partial charge in [0, 0.05) is 6.04 Å². The van der Waals surface area contributed by atoms with E-state index in [1.54, 1.807) is 26.0 Å². The Kier molecular flexibility index (Phi) is 4.79. The first-order chi connectivity index (χ1) is 8.40. The minimum absolute atomic E-state index is 0.227. The Morgan fingerprint density at radius 2 is 2.00 bits per heavy atom. The summed E-state index contributed by atoms with van der Waals surface area (Å²) in [5, 5.41) is 4.92. The molecule has 0 radical (unpaired) electrons. The number of carbonyl (C=O) groups excluding carboxylic acids is 2. The zero-order chi connectivity index (χ0) is 13.7. The van der Waals surface area contributed by atoms with E-state index >= 15 is 0 Å². The second kappa shape index (κ2) is 6.11. The lowest BCUT2D eigenvalue weighted by molar-refractivity contribution is -0.121. The molecule has 0 aliphatic heterocycles. The molecule has 0 bridgehead atoms. The number of nitrogens with one attached hydrogen (secondary N) is 2. The molecule has 0 aromatic heterocycles. The summed E-state index contributed by atoms with van der Waals surface area (Å²) in [7, 11) is 0. The maximum Gasteiger partial charge on any atom is 0.318 e. The van der Waals surface area contributed by atoms with Gasteiger partial charge in [0.25, 0.3) is 0 Å². The van der Waals surface area contributed by atoms with Crippen LogP contribution in [0.2, 0.25) is 0 Å². The Hall–Kier alpha value is -1.95. The van der Waals surface area contributed by atoms with Crippen molar-refractivity contribution in [2.24, 2.45) is 5.73 Å². The van der Waals surface area contributed by atoms with Crippen LogP contribution in [0.3, 0.4) is 0 Å². The Morgan fingerprint density at radius 3 is 2.56 bits per heavy atom. The van der Waals surface area contributed by atoms with Gasteiger partial charge in [0.2, 0.25) is 5.91 Å². The molecule has 0 aliphatic carbocycles. The smallest absolute Gasteiger partial charge is 0.318 e. The molecule has 3 amide bonds. The van der Waals surface area contributed by atoms with E-state index in [9.17, 15) is 14.0 Å². The topological polar surface area (TPSA) is 84.2 Å². The van der Waals surface area contributed by atoms with Crippen molar-refractivity contribution in [3.63, 3.8) is 0 Å². The lowest BCUT2D eigenvalue weighted by Gasteiger charge is -2.19. The molecule has 5 nitrogen and oxygen atoms in total. The zero-order valence-electron chi connectivity index (χ0n) is 10.2. The van der Waals surface area contributed by atoms with E-state index < -0.39 is 18.0 Å². The van der Waals surface area contributed by atoms with Gasteiger partial charge in [-0.1, -0.05) is 12.1 Å². The summed E-state index contributed by atoms with van der Waals surface area (Å²) in [6.07, 6.45) is 0. The van der Waals surface area contributed by atoms with Crippen molar-refractivity contribution < 1.29 is 14.0 Å². The number of halogens is 1. The standard InChI is InChI=1S/C12H16FN3O2/c1-7(9-4-3-5-10(13)6-9)15-8(2)11(17)16-12(14)18/h3-8,15H,1-2H3,(H3,14,16,17,18)/t7-,8?/m0/s1. The van der Waals surface area contributed by atoms with Crippen LogP contribution in [0.25, 0.3) is 0 Å². The number of hydrogen-bond acceptors (Lipinski definition) is 3. The van der Waals surface area contributed by atoms with E-state index in [0.29, 0.717) is 5.56 Å². The average Bonchev–Trinajstić information content (AvgIpc) is 2.27. The Morgan fingerprint density at radius 1 is 1.33 bits per heavy atom. The summed E-state index contributed by atoms with van der Waals surface area (Å²) in [4.78, 5) is 22.0. The summed E-state index contributed by atoms with van der Waals surface area (Å²) in [6.45, 7) is 3.39. The van der Waals surface area contributed by atoms with Crippen LogP contribution in [0, 0.1) is 5.82 Å². The Balaban J connectivity index is 2.61. The molecule has 98 valence electrons. The molecule has 0 spiro atoms. The van der Waals surface area contributed by atoms with Crippen molar-refractivity contribution in [3.8, 4) is 0 Å². The van der Waals surface area contributed by atoms with Crippen molar-refractivity contribution in [2.45, 2.75) is 25.9 Å². The SMILES string of the molecule is CC(N[C@@H](C)c1cccc(F)c1)C(=O)NC(N)=O. The molecule has 1 aromatic carbocycles. The Bertz CT molecular complexity index is 451. The van der Waals surface area contributed by atoms with Crippen LogP contribution in [0.15, 0.2) is 24.3 Å². The highest BCUT2D eigenvalue weighted by Crippen LogP contribution is 2.13. The summed E-state index contributed by atoms with van der Waals surface area (Å²) in [5.74, 6) is -0.860. The number of rotatable bonds is 4. The molecule has 4 N–H and O–H groups in total. The number of nitrogens with two attached hydrogens (primary N) is 1. The van der Waals surface area contributed by atoms with Gasteiger partial charge in [-0.25, -0.2) is 9.18 Å². The second-order valence-electron chi connectivity index (χ2n) is 4.02. The predicted octanol–water partition coefficient (Wildman–Crippen LogP) is 1.06. The van der Waals surface area contributed by atoms with Gasteiger partial charge >= 0.3 is 6.03 Å². The van der Waals surface area contributed by atoms with Gasteiger partial charge in [0.1, 0.15) is 5.82 Å². The predicted molar refractivity (Wildman–Crippen MR) is 65.1 cm³/mol. The van der Waals surface area contributed by atoms with E-state index in [0.717, 1.165) is 0 Å². The average molecular weight is 253 g/mol. The number of benzene rings is 1. The fourth-order valence-corrected chi connectivity index (χ4v) is 1.55. The number of primary amides is 1. The summed E-state index contributed by atoms with van der Waals surface area (Å²) in [6, 6.07) is 4.34. The quantitative estimate of drug-likeness (QED) is 0.750. The minimum Gasteiger partial charge on any atom is -0.351 e. The maximum atomic E-state index is 13.0. The zero-order valence-corrected chi connectivity index (χ0v) is 10.2. The van der Waals surface area contributed by atoms with Crippen LogP contribution in [-0.2, 0) is 4.79 Å². The van der Waals surface area contributed by atoms with Crippen molar-refractivity contribution in [1.29, 1.82) is 0 Å². The first kappa shape index (κ1) is 14.1. The summed E-state index contributed by atoms with van der Waals surface area (Å²) >= 11 is 0. The van der Waals surface area contributed by atoms with Crippen LogP contribution >= 0.6 is 0 Å². The molecule has 18 heavy (non-hydrogen) atoms. The first-order valence-corrected chi connectivity index (χ1v) is 5.52. The monoisotopic (exact) mass is 253 g/mol. The highest BCUT2D eigenvalue weighted by Gasteiger charge is 2.17. The van der Waals surface area contributed by atoms with Gasteiger partial charge in [-0.15, -0.1) is 0 Å². The first-order valence-electron chi connectivity index (χ1n) is 5.52. The molecule has 0 saturated heterocycles. The number of amides is 3.